The van der Waals surface area contributed by atoms with Crippen molar-refractivity contribution >= 4 is 5.91 Å². The Balaban J connectivity index is 1.53. The number of aromatic nitrogens is 2. The summed E-state index contributed by atoms with van der Waals surface area (Å²) in [6.45, 7) is 0.171. The minimum absolute atomic E-state index is 0.171. The second kappa shape index (κ2) is 7.88. The molecule has 1 aromatic heterocycles. The number of nitrogens with zero attached hydrogens (tertiary/aromatic N) is 3. The summed E-state index contributed by atoms with van der Waals surface area (Å²) in [5, 5.41) is 15.5. The molecule has 124 valence electrons. The summed E-state index contributed by atoms with van der Waals surface area (Å²) >= 11 is 0. The maximum absolute atomic E-state index is 12.1. The Morgan fingerprint density at radius 2 is 1.96 bits per heavy atom. The summed E-state index contributed by atoms with van der Waals surface area (Å²) in [5.41, 5.74) is 2.06. The highest BCUT2D eigenvalue weighted by Crippen LogP contribution is 2.07. The molecule has 3 rings (SSSR count). The molecule has 0 radical (unpaired) electrons. The molecule has 25 heavy (non-hydrogen) atoms. The molecule has 6 heteroatoms. The van der Waals surface area contributed by atoms with Crippen molar-refractivity contribution in [2.45, 2.75) is 19.4 Å². The van der Waals surface area contributed by atoms with Crippen molar-refractivity contribution in [2.75, 3.05) is 0 Å². The van der Waals surface area contributed by atoms with Crippen LogP contribution in [0.1, 0.15) is 33.2 Å². The van der Waals surface area contributed by atoms with E-state index in [0.29, 0.717) is 29.3 Å². The highest BCUT2D eigenvalue weighted by atomic mass is 16.5. The molecule has 0 aliphatic carbocycles. The number of nitrogens with one attached hydrogen (secondary N) is 1. The van der Waals surface area contributed by atoms with Crippen LogP contribution in [0.25, 0.3) is 0 Å². The number of rotatable bonds is 6. The Labute approximate surface area is 145 Å². The maximum atomic E-state index is 12.1. The molecule has 1 amide bonds. The molecule has 0 saturated carbocycles. The van der Waals surface area contributed by atoms with E-state index >= 15 is 0 Å². The first-order valence-electron chi connectivity index (χ1n) is 7.88. The van der Waals surface area contributed by atoms with Gasteiger partial charge in [-0.15, -0.1) is 0 Å². The van der Waals surface area contributed by atoms with Gasteiger partial charge in [0.15, 0.2) is 5.82 Å². The molecular weight excluding hydrogens is 316 g/mol. The van der Waals surface area contributed by atoms with Crippen LogP contribution in [-0.2, 0) is 19.4 Å². The predicted octanol–water partition coefficient (Wildman–Crippen LogP) is 2.66. The highest BCUT2D eigenvalue weighted by molar-refractivity contribution is 5.94. The standard InChI is InChI=1S/C19H16N4O2/c20-12-15-7-4-8-16(11-15)19(24)21-13-17-22-18(25-23-17)10-9-14-5-2-1-3-6-14/h1-8,11H,9-10,13H2,(H,21,24). The van der Waals surface area contributed by atoms with Crippen LogP contribution in [0.5, 0.6) is 0 Å². The zero-order valence-electron chi connectivity index (χ0n) is 13.5. The number of hydrogen-bond acceptors (Lipinski definition) is 5. The van der Waals surface area contributed by atoms with Gasteiger partial charge in [0, 0.05) is 12.0 Å². The van der Waals surface area contributed by atoms with Crippen molar-refractivity contribution in [3.05, 3.63) is 83.0 Å². The van der Waals surface area contributed by atoms with Crippen LogP contribution in [0.4, 0.5) is 0 Å². The smallest absolute Gasteiger partial charge is 0.251 e. The fourth-order valence-corrected chi connectivity index (χ4v) is 2.35. The molecule has 0 aliphatic rings. The van der Waals surface area contributed by atoms with Crippen molar-refractivity contribution in [1.82, 2.24) is 15.5 Å². The van der Waals surface area contributed by atoms with Crippen LogP contribution in [-0.4, -0.2) is 16.0 Å². The normalized spacial score (nSPS) is 10.2. The van der Waals surface area contributed by atoms with Gasteiger partial charge >= 0.3 is 0 Å². The van der Waals surface area contributed by atoms with Crippen LogP contribution < -0.4 is 5.32 Å². The third-order valence-electron chi connectivity index (χ3n) is 3.64. The van der Waals surface area contributed by atoms with E-state index in [-0.39, 0.29) is 12.5 Å². The summed E-state index contributed by atoms with van der Waals surface area (Å²) in [6.07, 6.45) is 1.46. The summed E-state index contributed by atoms with van der Waals surface area (Å²) in [7, 11) is 0. The Hall–Kier alpha value is -3.46. The molecule has 0 aliphatic heterocycles. The van der Waals surface area contributed by atoms with E-state index in [0.717, 1.165) is 6.42 Å². The lowest BCUT2D eigenvalue weighted by molar-refractivity contribution is 0.0949. The van der Waals surface area contributed by atoms with Crippen molar-refractivity contribution in [3.8, 4) is 6.07 Å². The van der Waals surface area contributed by atoms with E-state index in [1.807, 2.05) is 36.4 Å². The minimum Gasteiger partial charge on any atom is -0.345 e. The van der Waals surface area contributed by atoms with Crippen LogP contribution >= 0.6 is 0 Å². The number of benzene rings is 2. The van der Waals surface area contributed by atoms with E-state index in [1.165, 1.54) is 11.6 Å². The first kappa shape index (κ1) is 16.4. The molecule has 0 fully saturated rings. The van der Waals surface area contributed by atoms with E-state index < -0.39 is 0 Å². The Morgan fingerprint density at radius 1 is 1.12 bits per heavy atom. The number of carbonyl (C=O) groups is 1. The summed E-state index contributed by atoms with van der Waals surface area (Å²) in [5.74, 6) is 0.681. The fourth-order valence-electron chi connectivity index (χ4n) is 2.35. The average molecular weight is 332 g/mol. The molecule has 6 nitrogen and oxygen atoms in total. The van der Waals surface area contributed by atoms with Gasteiger partial charge in [0.25, 0.3) is 5.91 Å². The van der Waals surface area contributed by atoms with Gasteiger partial charge < -0.3 is 9.84 Å². The molecule has 2 aromatic carbocycles. The lowest BCUT2D eigenvalue weighted by Crippen LogP contribution is -2.23. The van der Waals surface area contributed by atoms with E-state index in [1.54, 1.807) is 18.2 Å². The number of hydrogen-bond donors (Lipinski definition) is 1. The maximum Gasteiger partial charge on any atom is 0.251 e. The van der Waals surface area contributed by atoms with Gasteiger partial charge in [-0.25, -0.2) is 0 Å². The van der Waals surface area contributed by atoms with Gasteiger partial charge in [0.2, 0.25) is 5.89 Å². The zero-order valence-corrected chi connectivity index (χ0v) is 13.5. The largest absolute Gasteiger partial charge is 0.345 e. The van der Waals surface area contributed by atoms with Crippen LogP contribution in [0, 0.1) is 11.3 Å². The number of amides is 1. The van der Waals surface area contributed by atoms with Crippen LogP contribution in [0.2, 0.25) is 0 Å². The van der Waals surface area contributed by atoms with Crippen molar-refractivity contribution in [1.29, 1.82) is 5.26 Å². The summed E-state index contributed by atoms with van der Waals surface area (Å²) in [6, 6.07) is 18.6. The Bertz CT molecular complexity index is 897. The molecule has 0 bridgehead atoms. The third-order valence-corrected chi connectivity index (χ3v) is 3.64. The second-order valence-corrected chi connectivity index (χ2v) is 5.47. The average Bonchev–Trinajstić information content (AvgIpc) is 3.13. The van der Waals surface area contributed by atoms with Crippen molar-refractivity contribution in [3.63, 3.8) is 0 Å². The molecule has 0 spiro atoms. The Kier molecular flexibility index (Phi) is 5.17. The molecule has 1 heterocycles. The minimum atomic E-state index is -0.285. The van der Waals surface area contributed by atoms with Crippen molar-refractivity contribution < 1.29 is 9.32 Å². The summed E-state index contributed by atoms with van der Waals surface area (Å²) < 4.78 is 5.21. The number of nitriles is 1. The topological polar surface area (TPSA) is 91.8 Å². The van der Waals surface area contributed by atoms with E-state index in [9.17, 15) is 4.79 Å². The number of aryl methyl sites for hydroxylation is 2. The monoisotopic (exact) mass is 332 g/mol. The van der Waals surface area contributed by atoms with E-state index in [2.05, 4.69) is 15.5 Å². The first-order chi connectivity index (χ1) is 12.2. The van der Waals surface area contributed by atoms with Gasteiger partial charge in [-0.3, -0.25) is 4.79 Å². The highest BCUT2D eigenvalue weighted by Gasteiger charge is 2.10. The quantitative estimate of drug-likeness (QED) is 0.749. The van der Waals surface area contributed by atoms with Gasteiger partial charge in [-0.2, -0.15) is 10.2 Å². The fraction of sp³-hybridized carbons (Fsp3) is 0.158. The number of carbonyl (C=O) groups excluding carboxylic acids is 1. The lowest BCUT2D eigenvalue weighted by Gasteiger charge is -2.02. The lowest BCUT2D eigenvalue weighted by atomic mass is 10.1. The molecule has 3 aromatic rings. The second-order valence-electron chi connectivity index (χ2n) is 5.47. The first-order valence-corrected chi connectivity index (χ1v) is 7.88. The van der Waals surface area contributed by atoms with Crippen LogP contribution in [0.15, 0.2) is 59.1 Å². The SMILES string of the molecule is N#Cc1cccc(C(=O)NCc2noc(CCc3ccccc3)n2)c1. The van der Waals surface area contributed by atoms with Gasteiger partial charge in [0.1, 0.15) is 0 Å². The molecule has 0 unspecified atom stereocenters. The molecular formula is C19H16N4O2. The Morgan fingerprint density at radius 3 is 2.76 bits per heavy atom. The van der Waals surface area contributed by atoms with Crippen molar-refractivity contribution in [2.24, 2.45) is 0 Å². The summed E-state index contributed by atoms with van der Waals surface area (Å²) in [4.78, 5) is 16.4. The van der Waals surface area contributed by atoms with Gasteiger partial charge in [-0.1, -0.05) is 41.6 Å². The van der Waals surface area contributed by atoms with Gasteiger partial charge in [-0.05, 0) is 30.2 Å². The third kappa shape index (κ3) is 4.52. The van der Waals surface area contributed by atoms with Gasteiger partial charge in [0.05, 0.1) is 18.2 Å². The zero-order chi connectivity index (χ0) is 17.5. The predicted molar refractivity (Wildman–Crippen MR) is 90.5 cm³/mol. The van der Waals surface area contributed by atoms with Crippen LogP contribution in [0.3, 0.4) is 0 Å². The van der Waals surface area contributed by atoms with E-state index in [4.69, 9.17) is 9.78 Å². The molecule has 0 saturated heterocycles. The molecule has 0 atom stereocenters. The molecule has 1 N–H and O–H groups in total.